The van der Waals surface area contributed by atoms with Gasteiger partial charge in [-0.15, -0.1) is 0 Å². The summed E-state index contributed by atoms with van der Waals surface area (Å²) in [5, 5.41) is 2.72. The van der Waals surface area contributed by atoms with Crippen molar-refractivity contribution in [2.24, 2.45) is 0 Å². The van der Waals surface area contributed by atoms with E-state index in [-0.39, 0.29) is 29.5 Å². The lowest BCUT2D eigenvalue weighted by Gasteiger charge is -2.34. The van der Waals surface area contributed by atoms with E-state index in [9.17, 15) is 18.0 Å². The number of aryl methyl sites for hydroxylation is 1. The Hall–Kier alpha value is -2.91. The van der Waals surface area contributed by atoms with Crippen LogP contribution in [-0.2, 0) is 14.8 Å². The maximum absolute atomic E-state index is 13.2. The quantitative estimate of drug-likeness (QED) is 0.703. The largest absolute Gasteiger partial charge is 0.417 e. The van der Waals surface area contributed by atoms with Gasteiger partial charge in [0.05, 0.1) is 10.4 Å². The Bertz CT molecular complexity index is 1180. The number of oxazole rings is 1. The van der Waals surface area contributed by atoms with Crippen LogP contribution in [0, 0.1) is 6.92 Å². The first-order valence-electron chi connectivity index (χ1n) is 8.35. The minimum absolute atomic E-state index is 0.0374. The number of sulfonamides is 1. The van der Waals surface area contributed by atoms with Crippen molar-refractivity contribution >= 4 is 27.0 Å². The van der Waals surface area contributed by atoms with Gasteiger partial charge in [0.1, 0.15) is 6.04 Å². The summed E-state index contributed by atoms with van der Waals surface area (Å²) in [7, 11) is -3.99. The number of benzene rings is 2. The molecule has 27 heavy (non-hydrogen) atoms. The zero-order valence-corrected chi connectivity index (χ0v) is 15.2. The highest BCUT2D eigenvalue weighted by molar-refractivity contribution is 7.89. The molecule has 4 rings (SSSR count). The average Bonchev–Trinajstić information content (AvgIpc) is 3.01. The molecule has 3 aromatic rings. The average molecular weight is 387 g/mol. The maximum atomic E-state index is 13.2. The fourth-order valence-corrected chi connectivity index (χ4v) is 4.79. The minimum atomic E-state index is -3.99. The summed E-state index contributed by atoms with van der Waals surface area (Å²) < 4.78 is 32.6. The van der Waals surface area contributed by atoms with Gasteiger partial charge in [0.2, 0.25) is 15.9 Å². The zero-order chi connectivity index (χ0) is 19.2. The van der Waals surface area contributed by atoms with Crippen LogP contribution in [0.4, 0.5) is 0 Å². The summed E-state index contributed by atoms with van der Waals surface area (Å²) in [5.41, 5.74) is 2.16. The third-order valence-corrected chi connectivity index (χ3v) is 6.42. The Morgan fingerprint density at radius 3 is 2.59 bits per heavy atom. The van der Waals surface area contributed by atoms with Crippen LogP contribution in [0.2, 0.25) is 0 Å². The SMILES string of the molecule is Cc1ccc(C2C(=O)NCCN2S(=O)(=O)c2ccc3[nH]c(=O)oc3c2)cc1. The lowest BCUT2D eigenvalue weighted by atomic mass is 10.0. The molecule has 1 aliphatic rings. The summed E-state index contributed by atoms with van der Waals surface area (Å²) in [6.45, 7) is 2.28. The predicted molar refractivity (Wildman–Crippen MR) is 97.7 cm³/mol. The van der Waals surface area contributed by atoms with Crippen LogP contribution < -0.4 is 11.1 Å². The molecule has 1 unspecified atom stereocenters. The molecule has 1 aromatic heterocycles. The topological polar surface area (TPSA) is 112 Å². The summed E-state index contributed by atoms with van der Waals surface area (Å²) >= 11 is 0. The molecule has 1 fully saturated rings. The van der Waals surface area contributed by atoms with Crippen molar-refractivity contribution in [1.29, 1.82) is 0 Å². The first kappa shape index (κ1) is 17.5. The van der Waals surface area contributed by atoms with Gasteiger partial charge in [-0.2, -0.15) is 4.31 Å². The Kier molecular flexibility index (Phi) is 4.12. The number of nitrogens with one attached hydrogen (secondary N) is 2. The molecule has 9 heteroatoms. The van der Waals surface area contributed by atoms with E-state index >= 15 is 0 Å². The van der Waals surface area contributed by atoms with Crippen LogP contribution in [0.25, 0.3) is 11.1 Å². The number of piperazine rings is 1. The number of H-pyrrole nitrogens is 1. The molecule has 1 atom stereocenters. The predicted octanol–water partition coefficient (Wildman–Crippen LogP) is 1.29. The highest BCUT2D eigenvalue weighted by atomic mass is 32.2. The standard InChI is InChI=1S/C18H17N3O5S/c1-11-2-4-12(5-3-11)16-17(22)19-8-9-21(16)27(24,25)13-6-7-14-15(10-13)26-18(23)20-14/h2-7,10,16H,8-9H2,1H3,(H,19,22)(H,20,23). The summed E-state index contributed by atoms with van der Waals surface area (Å²) in [5.74, 6) is -1.03. The number of hydrogen-bond donors (Lipinski definition) is 2. The molecule has 0 saturated carbocycles. The molecule has 2 aromatic carbocycles. The normalized spacial score (nSPS) is 18.6. The molecule has 1 amide bonds. The van der Waals surface area contributed by atoms with Gasteiger partial charge in [0, 0.05) is 19.2 Å². The van der Waals surface area contributed by atoms with Gasteiger partial charge in [-0.25, -0.2) is 13.2 Å². The van der Waals surface area contributed by atoms with E-state index in [0.29, 0.717) is 11.1 Å². The lowest BCUT2D eigenvalue weighted by Crippen LogP contribution is -2.52. The van der Waals surface area contributed by atoms with Crippen LogP contribution in [0.3, 0.4) is 0 Å². The number of carbonyl (C=O) groups is 1. The van der Waals surface area contributed by atoms with Crippen LogP contribution in [0.5, 0.6) is 0 Å². The summed E-state index contributed by atoms with van der Waals surface area (Å²) in [6, 6.07) is 10.4. The Labute approximate surface area is 154 Å². The summed E-state index contributed by atoms with van der Waals surface area (Å²) in [4.78, 5) is 26.3. The Morgan fingerprint density at radius 1 is 1.11 bits per heavy atom. The van der Waals surface area contributed by atoms with E-state index in [1.807, 2.05) is 19.1 Å². The molecule has 1 saturated heterocycles. The smallest absolute Gasteiger partial charge is 0.408 e. The highest BCUT2D eigenvalue weighted by Gasteiger charge is 2.39. The molecule has 0 bridgehead atoms. The van der Waals surface area contributed by atoms with Gasteiger partial charge in [-0.3, -0.25) is 9.78 Å². The van der Waals surface area contributed by atoms with Crippen molar-refractivity contribution in [2.45, 2.75) is 17.9 Å². The van der Waals surface area contributed by atoms with Gasteiger partial charge in [0.15, 0.2) is 5.58 Å². The van der Waals surface area contributed by atoms with Gasteiger partial charge in [-0.05, 0) is 24.6 Å². The summed E-state index contributed by atoms with van der Waals surface area (Å²) in [6.07, 6.45) is 0. The number of carbonyl (C=O) groups excluding carboxylic acids is 1. The van der Waals surface area contributed by atoms with Crippen molar-refractivity contribution < 1.29 is 17.6 Å². The molecule has 2 heterocycles. The van der Waals surface area contributed by atoms with Gasteiger partial charge in [0.25, 0.3) is 0 Å². The Morgan fingerprint density at radius 2 is 1.85 bits per heavy atom. The van der Waals surface area contributed by atoms with Crippen molar-refractivity contribution in [3.63, 3.8) is 0 Å². The van der Waals surface area contributed by atoms with E-state index in [1.54, 1.807) is 12.1 Å². The van der Waals surface area contributed by atoms with Crippen molar-refractivity contribution in [3.8, 4) is 0 Å². The van der Waals surface area contributed by atoms with E-state index < -0.39 is 21.8 Å². The highest BCUT2D eigenvalue weighted by Crippen LogP contribution is 2.30. The first-order chi connectivity index (χ1) is 12.9. The fourth-order valence-electron chi connectivity index (χ4n) is 3.19. The molecule has 0 aliphatic carbocycles. The van der Waals surface area contributed by atoms with Crippen molar-refractivity contribution in [3.05, 3.63) is 64.1 Å². The number of hydrogen-bond acceptors (Lipinski definition) is 5. The van der Waals surface area contributed by atoms with E-state index in [1.165, 1.54) is 22.5 Å². The molecular formula is C18H17N3O5S. The van der Waals surface area contributed by atoms with Crippen LogP contribution >= 0.6 is 0 Å². The molecule has 140 valence electrons. The number of amides is 1. The fraction of sp³-hybridized carbons (Fsp3) is 0.222. The monoisotopic (exact) mass is 387 g/mol. The van der Waals surface area contributed by atoms with E-state index in [2.05, 4.69) is 10.3 Å². The first-order valence-corrected chi connectivity index (χ1v) is 9.79. The maximum Gasteiger partial charge on any atom is 0.417 e. The molecule has 0 radical (unpaired) electrons. The second-order valence-electron chi connectivity index (χ2n) is 6.39. The van der Waals surface area contributed by atoms with Crippen molar-refractivity contribution in [2.75, 3.05) is 13.1 Å². The van der Waals surface area contributed by atoms with Gasteiger partial charge < -0.3 is 9.73 Å². The van der Waals surface area contributed by atoms with E-state index in [4.69, 9.17) is 4.42 Å². The second-order valence-corrected chi connectivity index (χ2v) is 8.28. The van der Waals surface area contributed by atoms with Crippen LogP contribution in [-0.4, -0.2) is 36.7 Å². The van der Waals surface area contributed by atoms with E-state index in [0.717, 1.165) is 5.56 Å². The number of fused-ring (bicyclic) bond motifs is 1. The van der Waals surface area contributed by atoms with Crippen molar-refractivity contribution in [1.82, 2.24) is 14.6 Å². The molecule has 2 N–H and O–H groups in total. The molecule has 8 nitrogen and oxygen atoms in total. The number of rotatable bonds is 3. The molecule has 0 spiro atoms. The van der Waals surface area contributed by atoms with Crippen LogP contribution in [0.15, 0.2) is 56.6 Å². The van der Waals surface area contributed by atoms with Gasteiger partial charge >= 0.3 is 5.76 Å². The minimum Gasteiger partial charge on any atom is -0.408 e. The van der Waals surface area contributed by atoms with Gasteiger partial charge in [-0.1, -0.05) is 29.8 Å². The third kappa shape index (κ3) is 3.04. The number of aromatic nitrogens is 1. The lowest BCUT2D eigenvalue weighted by molar-refractivity contribution is -0.126. The zero-order valence-electron chi connectivity index (χ0n) is 14.4. The molecular weight excluding hydrogens is 370 g/mol. The Balaban J connectivity index is 1.80. The number of nitrogens with zero attached hydrogens (tertiary/aromatic N) is 1. The second kappa shape index (κ2) is 6.36. The third-order valence-electron chi connectivity index (χ3n) is 4.56. The van der Waals surface area contributed by atoms with Crippen LogP contribution in [0.1, 0.15) is 17.2 Å². The number of aromatic amines is 1. The molecule has 1 aliphatic heterocycles.